The van der Waals surface area contributed by atoms with Crippen molar-refractivity contribution < 1.29 is 14.0 Å². The summed E-state index contributed by atoms with van der Waals surface area (Å²) in [5.41, 5.74) is 5.66. The topological polar surface area (TPSA) is 72.2 Å². The zero-order valence-electron chi connectivity index (χ0n) is 9.08. The lowest BCUT2D eigenvalue weighted by molar-refractivity contribution is -0.119. The molecule has 16 heavy (non-hydrogen) atoms. The first-order valence-corrected chi connectivity index (χ1v) is 4.78. The Morgan fingerprint density at radius 2 is 2.06 bits per heavy atom. The highest BCUT2D eigenvalue weighted by Gasteiger charge is 2.16. The minimum absolute atomic E-state index is 0.0897. The fourth-order valence-electron chi connectivity index (χ4n) is 1.16. The number of amides is 2. The van der Waals surface area contributed by atoms with Crippen molar-refractivity contribution in [1.82, 2.24) is 5.32 Å². The third-order valence-electron chi connectivity index (χ3n) is 2.14. The molecule has 1 unspecified atom stereocenters. The van der Waals surface area contributed by atoms with Crippen LogP contribution in [0.3, 0.4) is 0 Å². The summed E-state index contributed by atoms with van der Waals surface area (Å²) >= 11 is 0. The van der Waals surface area contributed by atoms with Crippen LogP contribution in [0.5, 0.6) is 0 Å². The van der Waals surface area contributed by atoms with Gasteiger partial charge in [0.1, 0.15) is 11.9 Å². The van der Waals surface area contributed by atoms with E-state index in [1.165, 1.54) is 19.1 Å². The van der Waals surface area contributed by atoms with Crippen LogP contribution in [0, 0.1) is 12.7 Å². The van der Waals surface area contributed by atoms with Gasteiger partial charge < -0.3 is 11.1 Å². The monoisotopic (exact) mass is 224 g/mol. The number of halogens is 1. The molecule has 0 fully saturated rings. The number of hydrogen-bond donors (Lipinski definition) is 2. The zero-order valence-corrected chi connectivity index (χ0v) is 9.08. The molecule has 5 heteroatoms. The predicted octanol–water partition coefficient (Wildman–Crippen LogP) is 0.738. The largest absolute Gasteiger partial charge is 0.368 e. The molecule has 1 aromatic carbocycles. The zero-order chi connectivity index (χ0) is 12.3. The highest BCUT2D eigenvalue weighted by atomic mass is 19.1. The van der Waals surface area contributed by atoms with Crippen LogP contribution in [0.15, 0.2) is 18.2 Å². The van der Waals surface area contributed by atoms with E-state index in [0.29, 0.717) is 0 Å². The van der Waals surface area contributed by atoms with Crippen LogP contribution < -0.4 is 11.1 Å². The van der Waals surface area contributed by atoms with E-state index in [1.807, 2.05) is 0 Å². The van der Waals surface area contributed by atoms with Gasteiger partial charge in [0.15, 0.2) is 0 Å². The third kappa shape index (κ3) is 2.79. The summed E-state index contributed by atoms with van der Waals surface area (Å²) in [5, 5.41) is 2.31. The van der Waals surface area contributed by atoms with Gasteiger partial charge in [0.2, 0.25) is 5.91 Å². The van der Waals surface area contributed by atoms with Gasteiger partial charge in [-0.2, -0.15) is 0 Å². The fraction of sp³-hybridized carbons (Fsp3) is 0.273. The second-order valence-corrected chi connectivity index (χ2v) is 3.58. The quantitative estimate of drug-likeness (QED) is 0.794. The van der Waals surface area contributed by atoms with Crippen molar-refractivity contribution in [3.8, 4) is 0 Å². The molecule has 2 amide bonds. The first-order chi connectivity index (χ1) is 7.41. The van der Waals surface area contributed by atoms with E-state index in [1.54, 1.807) is 13.0 Å². The van der Waals surface area contributed by atoms with Crippen LogP contribution in [0.25, 0.3) is 0 Å². The number of carbonyl (C=O) groups excluding carboxylic acids is 2. The van der Waals surface area contributed by atoms with Crippen LogP contribution >= 0.6 is 0 Å². The highest BCUT2D eigenvalue weighted by molar-refractivity contribution is 5.97. The minimum atomic E-state index is -0.826. The molecular weight excluding hydrogens is 211 g/mol. The Labute approximate surface area is 92.6 Å². The van der Waals surface area contributed by atoms with Crippen LogP contribution in [0.1, 0.15) is 22.8 Å². The molecule has 0 heterocycles. The summed E-state index contributed by atoms with van der Waals surface area (Å²) in [5.74, 6) is -1.94. The summed E-state index contributed by atoms with van der Waals surface area (Å²) in [6, 6.07) is 3.36. The van der Waals surface area contributed by atoms with Crippen molar-refractivity contribution in [3.05, 3.63) is 35.1 Å². The smallest absolute Gasteiger partial charge is 0.254 e. The van der Waals surface area contributed by atoms with Gasteiger partial charge >= 0.3 is 0 Å². The Bertz CT molecular complexity index is 432. The van der Waals surface area contributed by atoms with Gasteiger partial charge in [0.05, 0.1) is 5.56 Å². The van der Waals surface area contributed by atoms with Gasteiger partial charge in [-0.1, -0.05) is 11.6 Å². The van der Waals surface area contributed by atoms with Crippen molar-refractivity contribution in [2.75, 3.05) is 0 Å². The lowest BCUT2D eigenvalue weighted by Crippen LogP contribution is -2.42. The Morgan fingerprint density at radius 3 is 2.62 bits per heavy atom. The molecule has 0 aromatic heterocycles. The van der Waals surface area contributed by atoms with E-state index in [4.69, 9.17) is 5.73 Å². The lowest BCUT2D eigenvalue weighted by atomic mass is 10.1. The van der Waals surface area contributed by atoms with Gasteiger partial charge in [0, 0.05) is 0 Å². The van der Waals surface area contributed by atoms with Crippen LogP contribution in [-0.2, 0) is 4.79 Å². The number of nitrogens with one attached hydrogen (secondary N) is 1. The van der Waals surface area contributed by atoms with E-state index < -0.39 is 23.7 Å². The van der Waals surface area contributed by atoms with Crippen molar-refractivity contribution in [2.24, 2.45) is 5.73 Å². The normalized spacial score (nSPS) is 11.9. The number of benzene rings is 1. The molecule has 1 atom stereocenters. The standard InChI is InChI=1S/C11H13FN2O2/c1-6-3-4-9(12)8(5-6)11(16)14-7(2)10(13)15/h3-5,7H,1-2H3,(H2,13,15)(H,14,16). The average molecular weight is 224 g/mol. The van der Waals surface area contributed by atoms with E-state index >= 15 is 0 Å². The molecular formula is C11H13FN2O2. The van der Waals surface area contributed by atoms with E-state index in [-0.39, 0.29) is 5.56 Å². The number of nitrogens with two attached hydrogens (primary N) is 1. The van der Waals surface area contributed by atoms with Gasteiger partial charge in [0.25, 0.3) is 5.91 Å². The van der Waals surface area contributed by atoms with Crippen LogP contribution in [0.4, 0.5) is 4.39 Å². The Hall–Kier alpha value is -1.91. The second-order valence-electron chi connectivity index (χ2n) is 3.58. The molecule has 1 rings (SSSR count). The van der Waals surface area contributed by atoms with E-state index in [0.717, 1.165) is 5.56 Å². The SMILES string of the molecule is Cc1ccc(F)c(C(=O)NC(C)C(N)=O)c1. The number of hydrogen-bond acceptors (Lipinski definition) is 2. The van der Waals surface area contributed by atoms with Crippen LogP contribution in [-0.4, -0.2) is 17.9 Å². The summed E-state index contributed by atoms with van der Waals surface area (Å²) in [4.78, 5) is 22.3. The molecule has 0 aliphatic heterocycles. The molecule has 0 saturated heterocycles. The Morgan fingerprint density at radius 1 is 1.44 bits per heavy atom. The molecule has 0 aliphatic carbocycles. The van der Waals surface area contributed by atoms with Gasteiger partial charge in [-0.25, -0.2) is 4.39 Å². The molecule has 0 radical (unpaired) electrons. The van der Waals surface area contributed by atoms with Crippen molar-refractivity contribution in [2.45, 2.75) is 19.9 Å². The summed E-state index contributed by atoms with van der Waals surface area (Å²) < 4.78 is 13.3. The molecule has 3 N–H and O–H groups in total. The first-order valence-electron chi connectivity index (χ1n) is 4.78. The van der Waals surface area contributed by atoms with Crippen molar-refractivity contribution in [1.29, 1.82) is 0 Å². The molecule has 0 saturated carbocycles. The van der Waals surface area contributed by atoms with Gasteiger partial charge in [-0.15, -0.1) is 0 Å². The fourth-order valence-corrected chi connectivity index (χ4v) is 1.16. The highest BCUT2D eigenvalue weighted by Crippen LogP contribution is 2.09. The summed E-state index contributed by atoms with van der Waals surface area (Å²) in [6.45, 7) is 3.18. The number of rotatable bonds is 3. The van der Waals surface area contributed by atoms with Crippen molar-refractivity contribution >= 4 is 11.8 Å². The maximum Gasteiger partial charge on any atom is 0.254 e. The summed E-state index contributed by atoms with van der Waals surface area (Å²) in [6.07, 6.45) is 0. The second kappa shape index (κ2) is 4.74. The van der Waals surface area contributed by atoms with Crippen molar-refractivity contribution in [3.63, 3.8) is 0 Å². The third-order valence-corrected chi connectivity index (χ3v) is 2.14. The Balaban J connectivity index is 2.88. The molecule has 0 aliphatic rings. The number of primary amides is 1. The van der Waals surface area contributed by atoms with Gasteiger partial charge in [-0.05, 0) is 26.0 Å². The molecule has 0 bridgehead atoms. The number of aryl methyl sites for hydroxylation is 1. The molecule has 86 valence electrons. The average Bonchev–Trinajstić information content (AvgIpc) is 2.21. The Kier molecular flexibility index (Phi) is 3.60. The molecule has 1 aromatic rings. The predicted molar refractivity (Wildman–Crippen MR) is 57.3 cm³/mol. The first kappa shape index (κ1) is 12.2. The van der Waals surface area contributed by atoms with E-state index in [2.05, 4.69) is 5.32 Å². The molecule has 4 nitrogen and oxygen atoms in total. The minimum Gasteiger partial charge on any atom is -0.368 e. The molecule has 0 spiro atoms. The lowest BCUT2D eigenvalue weighted by Gasteiger charge is -2.10. The van der Waals surface area contributed by atoms with Crippen LogP contribution in [0.2, 0.25) is 0 Å². The number of carbonyl (C=O) groups is 2. The van der Waals surface area contributed by atoms with E-state index in [9.17, 15) is 14.0 Å². The van der Waals surface area contributed by atoms with Gasteiger partial charge in [-0.3, -0.25) is 9.59 Å². The summed E-state index contributed by atoms with van der Waals surface area (Å²) in [7, 11) is 0. The maximum absolute atomic E-state index is 13.3. The maximum atomic E-state index is 13.3.